The number of anilines is 1. The highest BCUT2D eigenvalue weighted by molar-refractivity contribution is 6.33. The Morgan fingerprint density at radius 1 is 1.25 bits per heavy atom. The summed E-state index contributed by atoms with van der Waals surface area (Å²) in [6, 6.07) is 11.0. The Hall–Kier alpha value is -2.07. The van der Waals surface area contributed by atoms with Crippen molar-refractivity contribution in [2.45, 2.75) is 6.42 Å². The minimum Gasteiger partial charge on any atom is -0.398 e. The fraction of sp³-hybridized carbons (Fsp3) is 0.133. The first-order valence-electron chi connectivity index (χ1n) is 6.14. The van der Waals surface area contributed by atoms with Crippen LogP contribution >= 0.6 is 11.6 Å². The number of carbonyl (C=O) groups is 1. The number of amides is 1. The SMILES string of the molecule is Nc1cc(C(=O)NCCc2cccc(F)c2)ccc1Cl. The zero-order valence-electron chi connectivity index (χ0n) is 10.7. The van der Waals surface area contributed by atoms with Crippen molar-refractivity contribution < 1.29 is 9.18 Å². The van der Waals surface area contributed by atoms with Crippen LogP contribution in [0.2, 0.25) is 5.02 Å². The van der Waals surface area contributed by atoms with Crippen molar-refractivity contribution in [3.63, 3.8) is 0 Å². The van der Waals surface area contributed by atoms with Gasteiger partial charge in [-0.15, -0.1) is 0 Å². The highest BCUT2D eigenvalue weighted by Gasteiger charge is 2.07. The van der Waals surface area contributed by atoms with Gasteiger partial charge in [-0.3, -0.25) is 4.79 Å². The number of hydrogen-bond acceptors (Lipinski definition) is 2. The van der Waals surface area contributed by atoms with E-state index in [2.05, 4.69) is 5.32 Å². The molecule has 104 valence electrons. The van der Waals surface area contributed by atoms with Crippen LogP contribution in [0.4, 0.5) is 10.1 Å². The Kier molecular flexibility index (Phi) is 4.58. The molecule has 2 aromatic rings. The summed E-state index contributed by atoms with van der Waals surface area (Å²) in [4.78, 5) is 11.9. The van der Waals surface area contributed by atoms with Gasteiger partial charge in [-0.2, -0.15) is 0 Å². The van der Waals surface area contributed by atoms with Gasteiger partial charge in [0.1, 0.15) is 5.82 Å². The Bertz CT molecular complexity index is 631. The van der Waals surface area contributed by atoms with Crippen LogP contribution in [0, 0.1) is 5.82 Å². The molecule has 2 rings (SSSR count). The first-order chi connectivity index (χ1) is 9.56. The molecule has 0 saturated carbocycles. The van der Waals surface area contributed by atoms with E-state index < -0.39 is 0 Å². The molecule has 1 amide bonds. The Labute approximate surface area is 121 Å². The van der Waals surface area contributed by atoms with Gasteiger partial charge >= 0.3 is 0 Å². The van der Waals surface area contributed by atoms with Gasteiger partial charge in [0.15, 0.2) is 0 Å². The van der Waals surface area contributed by atoms with Crippen molar-refractivity contribution in [1.82, 2.24) is 5.32 Å². The van der Waals surface area contributed by atoms with Crippen LogP contribution in [0.1, 0.15) is 15.9 Å². The van der Waals surface area contributed by atoms with Gasteiger partial charge in [0, 0.05) is 12.1 Å². The molecule has 3 N–H and O–H groups in total. The average molecular weight is 293 g/mol. The van der Waals surface area contributed by atoms with Crippen molar-refractivity contribution in [3.05, 3.63) is 64.4 Å². The molecular weight excluding hydrogens is 279 g/mol. The van der Waals surface area contributed by atoms with Gasteiger partial charge in [-0.1, -0.05) is 23.7 Å². The number of hydrogen-bond donors (Lipinski definition) is 2. The van der Waals surface area contributed by atoms with Crippen LogP contribution in [-0.4, -0.2) is 12.5 Å². The maximum atomic E-state index is 13.0. The molecule has 0 heterocycles. The largest absolute Gasteiger partial charge is 0.398 e. The number of benzene rings is 2. The van der Waals surface area contributed by atoms with Crippen molar-refractivity contribution >= 4 is 23.2 Å². The molecule has 3 nitrogen and oxygen atoms in total. The molecule has 20 heavy (non-hydrogen) atoms. The molecule has 0 atom stereocenters. The lowest BCUT2D eigenvalue weighted by molar-refractivity contribution is 0.0954. The quantitative estimate of drug-likeness (QED) is 0.851. The van der Waals surface area contributed by atoms with E-state index in [0.717, 1.165) is 5.56 Å². The molecule has 0 unspecified atom stereocenters. The number of halogens is 2. The van der Waals surface area contributed by atoms with E-state index in [-0.39, 0.29) is 11.7 Å². The Balaban J connectivity index is 1.90. The van der Waals surface area contributed by atoms with Gasteiger partial charge in [0.05, 0.1) is 10.7 Å². The third-order valence-corrected chi connectivity index (χ3v) is 3.19. The fourth-order valence-electron chi connectivity index (χ4n) is 1.80. The van der Waals surface area contributed by atoms with E-state index in [9.17, 15) is 9.18 Å². The summed E-state index contributed by atoms with van der Waals surface area (Å²) < 4.78 is 13.0. The van der Waals surface area contributed by atoms with E-state index in [1.807, 2.05) is 6.07 Å². The predicted molar refractivity (Wildman–Crippen MR) is 78.3 cm³/mol. The zero-order chi connectivity index (χ0) is 14.5. The Morgan fingerprint density at radius 2 is 2.05 bits per heavy atom. The highest BCUT2D eigenvalue weighted by atomic mass is 35.5. The predicted octanol–water partition coefficient (Wildman–Crippen LogP) is 3.03. The maximum Gasteiger partial charge on any atom is 0.251 e. The minimum atomic E-state index is -0.278. The van der Waals surface area contributed by atoms with Gasteiger partial charge < -0.3 is 11.1 Å². The normalized spacial score (nSPS) is 10.3. The monoisotopic (exact) mass is 292 g/mol. The third kappa shape index (κ3) is 3.71. The topological polar surface area (TPSA) is 55.1 Å². The number of carbonyl (C=O) groups excluding carboxylic acids is 1. The molecule has 0 bridgehead atoms. The Morgan fingerprint density at radius 3 is 2.75 bits per heavy atom. The lowest BCUT2D eigenvalue weighted by Crippen LogP contribution is -2.25. The number of rotatable bonds is 4. The smallest absolute Gasteiger partial charge is 0.251 e. The molecule has 0 aliphatic rings. The van der Waals surface area contributed by atoms with Crippen LogP contribution in [0.5, 0.6) is 0 Å². The van der Waals surface area contributed by atoms with E-state index in [0.29, 0.717) is 29.2 Å². The second-order valence-electron chi connectivity index (χ2n) is 4.37. The van der Waals surface area contributed by atoms with E-state index in [1.165, 1.54) is 18.2 Å². The average Bonchev–Trinajstić information content (AvgIpc) is 2.42. The van der Waals surface area contributed by atoms with Crippen LogP contribution in [-0.2, 0) is 6.42 Å². The summed E-state index contributed by atoms with van der Waals surface area (Å²) in [7, 11) is 0. The van der Waals surface area contributed by atoms with E-state index >= 15 is 0 Å². The lowest BCUT2D eigenvalue weighted by Gasteiger charge is -2.07. The fourth-order valence-corrected chi connectivity index (χ4v) is 1.92. The van der Waals surface area contributed by atoms with Crippen LogP contribution in [0.15, 0.2) is 42.5 Å². The summed E-state index contributed by atoms with van der Waals surface area (Å²) >= 11 is 5.79. The molecule has 0 saturated heterocycles. The van der Waals surface area contributed by atoms with Crippen molar-refractivity contribution in [3.8, 4) is 0 Å². The molecule has 0 aromatic heterocycles. The first kappa shape index (κ1) is 14.3. The molecule has 0 fully saturated rings. The van der Waals surface area contributed by atoms with Crippen molar-refractivity contribution in [2.75, 3.05) is 12.3 Å². The van der Waals surface area contributed by atoms with Gasteiger partial charge in [-0.05, 0) is 42.3 Å². The lowest BCUT2D eigenvalue weighted by atomic mass is 10.1. The summed E-state index contributed by atoms with van der Waals surface area (Å²) in [5.41, 5.74) is 7.29. The van der Waals surface area contributed by atoms with Gasteiger partial charge in [-0.25, -0.2) is 4.39 Å². The van der Waals surface area contributed by atoms with Gasteiger partial charge in [0.25, 0.3) is 5.91 Å². The number of nitrogen functional groups attached to an aromatic ring is 1. The third-order valence-electron chi connectivity index (χ3n) is 2.85. The summed E-state index contributed by atoms with van der Waals surface area (Å²) in [5.74, 6) is -0.510. The van der Waals surface area contributed by atoms with Crippen molar-refractivity contribution in [2.24, 2.45) is 0 Å². The standard InChI is InChI=1S/C15H14ClFN2O/c16-13-5-4-11(9-14(13)18)15(20)19-7-6-10-2-1-3-12(17)8-10/h1-5,8-9H,6-7,18H2,(H,19,20). The molecule has 2 aromatic carbocycles. The highest BCUT2D eigenvalue weighted by Crippen LogP contribution is 2.19. The second kappa shape index (κ2) is 6.39. The minimum absolute atomic E-state index is 0.232. The molecule has 0 aliphatic carbocycles. The van der Waals surface area contributed by atoms with Gasteiger partial charge in [0.2, 0.25) is 0 Å². The summed E-state index contributed by atoms with van der Waals surface area (Å²) in [6.45, 7) is 0.421. The van der Waals surface area contributed by atoms with Crippen LogP contribution < -0.4 is 11.1 Å². The molecule has 5 heteroatoms. The number of nitrogens with two attached hydrogens (primary N) is 1. The zero-order valence-corrected chi connectivity index (χ0v) is 11.5. The van der Waals surface area contributed by atoms with Crippen LogP contribution in [0.25, 0.3) is 0 Å². The summed E-state index contributed by atoms with van der Waals surface area (Å²) in [5, 5.41) is 3.17. The maximum absolute atomic E-state index is 13.0. The molecule has 0 aliphatic heterocycles. The summed E-state index contributed by atoms with van der Waals surface area (Å²) in [6.07, 6.45) is 0.562. The van der Waals surface area contributed by atoms with E-state index in [1.54, 1.807) is 18.2 Å². The molecule has 0 radical (unpaired) electrons. The van der Waals surface area contributed by atoms with Crippen molar-refractivity contribution in [1.29, 1.82) is 0 Å². The number of nitrogens with one attached hydrogen (secondary N) is 1. The van der Waals surface area contributed by atoms with E-state index in [4.69, 9.17) is 17.3 Å². The molecule has 0 spiro atoms. The molecular formula is C15H14ClFN2O. The first-order valence-corrected chi connectivity index (χ1v) is 6.52. The van der Waals surface area contributed by atoms with Crippen LogP contribution in [0.3, 0.4) is 0 Å². The second-order valence-corrected chi connectivity index (χ2v) is 4.78.